The molecule has 37 heavy (non-hydrogen) atoms. The summed E-state index contributed by atoms with van der Waals surface area (Å²) in [5.74, 6) is -1.59. The van der Waals surface area contributed by atoms with Crippen molar-refractivity contribution in [1.29, 1.82) is 0 Å². The molecule has 12 atom stereocenters. The monoisotopic (exact) mass is 528 g/mol. The lowest BCUT2D eigenvalue weighted by atomic mass is 9.82. The summed E-state index contributed by atoms with van der Waals surface area (Å²) in [4.78, 5) is 12.8. The summed E-state index contributed by atoms with van der Waals surface area (Å²) in [7, 11) is 0. The van der Waals surface area contributed by atoms with Crippen molar-refractivity contribution >= 4 is 5.97 Å². The van der Waals surface area contributed by atoms with Gasteiger partial charge in [0.15, 0.2) is 12.4 Å². The lowest BCUT2D eigenvalue weighted by Gasteiger charge is -2.45. The van der Waals surface area contributed by atoms with E-state index in [2.05, 4.69) is 6.58 Å². The fourth-order valence-corrected chi connectivity index (χ4v) is 5.28. The van der Waals surface area contributed by atoms with Gasteiger partial charge in [0, 0.05) is 5.57 Å². The van der Waals surface area contributed by atoms with Crippen LogP contribution in [0.15, 0.2) is 36.6 Å². The molecule has 208 valence electrons. The van der Waals surface area contributed by atoms with Crippen LogP contribution in [0.3, 0.4) is 0 Å². The molecular formula is C25H36O12. The van der Waals surface area contributed by atoms with Gasteiger partial charge < -0.3 is 54.3 Å². The highest BCUT2D eigenvalue weighted by atomic mass is 16.8. The van der Waals surface area contributed by atoms with Gasteiger partial charge >= 0.3 is 5.97 Å². The second-order valence-corrected chi connectivity index (χ2v) is 10.5. The molecule has 3 aliphatic heterocycles. The molecule has 6 N–H and O–H groups in total. The van der Waals surface area contributed by atoms with Crippen molar-refractivity contribution in [3.8, 4) is 0 Å². The number of esters is 1. The summed E-state index contributed by atoms with van der Waals surface area (Å²) in [6, 6.07) is 0. The third kappa shape index (κ3) is 4.98. The standard InChI is InChI=1S/C25H36O12/c1-5-23(3,31)8-6-7-12(2)20(30)35-19-18-24(4,37-18)17-22(33-10-9-25(17,19)32)36-21-16(29)15(28)14(27)13(11-26)34-21/h5,7,9-10,13-19,21-22,26-29,31-32H,1,6,8,11H2,2-4H3/b12-7+/t13-,14-,15+,16-,17-,18+,19-,21+,22+,23-,24-,25+/m0/s1. The van der Waals surface area contributed by atoms with Crippen molar-refractivity contribution in [3.63, 3.8) is 0 Å². The first-order valence-electron chi connectivity index (χ1n) is 12.2. The molecule has 0 amide bonds. The van der Waals surface area contributed by atoms with Crippen molar-refractivity contribution in [2.24, 2.45) is 5.92 Å². The molecule has 12 heteroatoms. The Morgan fingerprint density at radius 2 is 1.92 bits per heavy atom. The maximum Gasteiger partial charge on any atom is 0.333 e. The number of rotatable bonds is 9. The van der Waals surface area contributed by atoms with Gasteiger partial charge in [-0.15, -0.1) is 6.58 Å². The predicted octanol–water partition coefficient (Wildman–Crippen LogP) is -1.23. The molecule has 1 saturated carbocycles. The number of allylic oxidation sites excluding steroid dienone is 1. The average Bonchev–Trinajstić information content (AvgIpc) is 3.48. The first kappa shape index (κ1) is 28.1. The number of aliphatic hydroxyl groups excluding tert-OH is 4. The van der Waals surface area contributed by atoms with Crippen LogP contribution in [-0.2, 0) is 28.5 Å². The van der Waals surface area contributed by atoms with E-state index in [9.17, 15) is 35.4 Å². The minimum Gasteiger partial charge on any atom is -0.472 e. The number of hydrogen-bond acceptors (Lipinski definition) is 12. The average molecular weight is 529 g/mol. The third-order valence-corrected chi connectivity index (χ3v) is 7.77. The molecule has 0 aromatic carbocycles. The van der Waals surface area contributed by atoms with E-state index in [0.717, 1.165) is 0 Å². The number of hydrogen-bond donors (Lipinski definition) is 6. The van der Waals surface area contributed by atoms with Crippen LogP contribution in [0, 0.1) is 5.92 Å². The van der Waals surface area contributed by atoms with Crippen molar-refractivity contribution in [2.45, 2.75) is 99.6 Å². The number of aliphatic hydroxyl groups is 6. The minimum absolute atomic E-state index is 0.291. The molecule has 0 radical (unpaired) electrons. The Hall–Kier alpha value is -1.87. The molecule has 0 unspecified atom stereocenters. The second kappa shape index (κ2) is 10.0. The third-order valence-electron chi connectivity index (χ3n) is 7.77. The van der Waals surface area contributed by atoms with E-state index in [1.807, 2.05) is 0 Å². The van der Waals surface area contributed by atoms with Crippen molar-refractivity contribution in [1.82, 2.24) is 0 Å². The number of epoxide rings is 1. The van der Waals surface area contributed by atoms with Crippen molar-refractivity contribution in [3.05, 3.63) is 36.6 Å². The first-order chi connectivity index (χ1) is 17.3. The molecular weight excluding hydrogens is 492 g/mol. The lowest BCUT2D eigenvalue weighted by molar-refractivity contribution is -0.349. The molecule has 1 aliphatic carbocycles. The van der Waals surface area contributed by atoms with E-state index in [1.54, 1.807) is 26.8 Å². The molecule has 0 spiro atoms. The SMILES string of the molecule is C=C[C@](C)(O)CC/C=C(\C)C(=O)O[C@H]1[C@H]2O[C@@]2(C)[C@@H]2[C@@H](O[C@H]3O[C@@H](CO)[C@H](O)[C@@H](O)[C@@H]3O)OC=C[C@@]21O. The van der Waals surface area contributed by atoms with E-state index in [-0.39, 0.29) is 0 Å². The molecule has 12 nitrogen and oxygen atoms in total. The van der Waals surface area contributed by atoms with Gasteiger partial charge in [-0.05, 0) is 39.7 Å². The van der Waals surface area contributed by atoms with Crippen LogP contribution in [0.25, 0.3) is 0 Å². The Morgan fingerprint density at radius 3 is 2.57 bits per heavy atom. The van der Waals surface area contributed by atoms with Crippen LogP contribution >= 0.6 is 0 Å². The smallest absolute Gasteiger partial charge is 0.333 e. The molecule has 4 rings (SSSR count). The van der Waals surface area contributed by atoms with Gasteiger partial charge in [-0.3, -0.25) is 0 Å². The van der Waals surface area contributed by atoms with E-state index < -0.39 is 84.5 Å². The number of carbonyl (C=O) groups is 1. The first-order valence-corrected chi connectivity index (χ1v) is 12.2. The molecule has 0 bridgehead atoms. The zero-order valence-electron chi connectivity index (χ0n) is 21.0. The summed E-state index contributed by atoms with van der Waals surface area (Å²) < 4.78 is 28.3. The van der Waals surface area contributed by atoms with E-state index in [4.69, 9.17) is 23.7 Å². The Morgan fingerprint density at radius 1 is 1.22 bits per heavy atom. The summed E-state index contributed by atoms with van der Waals surface area (Å²) in [5.41, 5.74) is -3.54. The van der Waals surface area contributed by atoms with Crippen LogP contribution < -0.4 is 0 Å². The number of fused-ring (bicyclic) bond motifs is 3. The predicted molar refractivity (Wildman–Crippen MR) is 124 cm³/mol. The van der Waals surface area contributed by atoms with Gasteiger partial charge in [0.1, 0.15) is 41.7 Å². The Balaban J connectivity index is 1.47. The van der Waals surface area contributed by atoms with Crippen LogP contribution in [0.4, 0.5) is 0 Å². The maximum atomic E-state index is 12.8. The van der Waals surface area contributed by atoms with Crippen LogP contribution in [0.1, 0.15) is 33.6 Å². The molecule has 2 saturated heterocycles. The largest absolute Gasteiger partial charge is 0.472 e. The molecule has 3 fully saturated rings. The van der Waals surface area contributed by atoms with Crippen molar-refractivity contribution in [2.75, 3.05) is 6.61 Å². The van der Waals surface area contributed by atoms with Crippen LogP contribution in [0.5, 0.6) is 0 Å². The minimum atomic E-state index is -1.75. The van der Waals surface area contributed by atoms with Crippen LogP contribution in [-0.4, -0.2) is 109 Å². The molecule has 0 aromatic heterocycles. The lowest BCUT2D eigenvalue weighted by Crippen LogP contribution is -2.62. The summed E-state index contributed by atoms with van der Waals surface area (Å²) >= 11 is 0. The zero-order chi connectivity index (χ0) is 27.3. The Labute approximate surface area is 214 Å². The number of carbonyl (C=O) groups excluding carboxylic acids is 1. The van der Waals surface area contributed by atoms with Gasteiger partial charge in [-0.25, -0.2) is 4.79 Å². The summed E-state index contributed by atoms with van der Waals surface area (Å²) in [6.45, 7) is 7.82. The van der Waals surface area contributed by atoms with E-state index in [0.29, 0.717) is 18.4 Å². The van der Waals surface area contributed by atoms with E-state index in [1.165, 1.54) is 18.4 Å². The Bertz CT molecular complexity index is 946. The second-order valence-electron chi connectivity index (χ2n) is 10.5. The van der Waals surface area contributed by atoms with Gasteiger partial charge in [0.25, 0.3) is 0 Å². The molecule has 0 aromatic rings. The summed E-state index contributed by atoms with van der Waals surface area (Å²) in [5, 5.41) is 61.6. The van der Waals surface area contributed by atoms with Gasteiger partial charge in [-0.1, -0.05) is 12.2 Å². The van der Waals surface area contributed by atoms with Gasteiger partial charge in [-0.2, -0.15) is 0 Å². The zero-order valence-corrected chi connectivity index (χ0v) is 21.0. The highest BCUT2D eigenvalue weighted by Gasteiger charge is 2.80. The van der Waals surface area contributed by atoms with E-state index >= 15 is 0 Å². The Kier molecular flexibility index (Phi) is 7.63. The fourth-order valence-electron chi connectivity index (χ4n) is 5.28. The molecule has 4 aliphatic rings. The van der Waals surface area contributed by atoms with Gasteiger partial charge in [0.2, 0.25) is 6.29 Å². The maximum absolute atomic E-state index is 12.8. The van der Waals surface area contributed by atoms with Gasteiger partial charge in [0.05, 0.1) is 24.4 Å². The topological polar surface area (TPSA) is 188 Å². The summed E-state index contributed by atoms with van der Waals surface area (Å²) in [6.07, 6.45) is -4.27. The fraction of sp³-hybridized carbons (Fsp3) is 0.720. The van der Waals surface area contributed by atoms with Crippen LogP contribution in [0.2, 0.25) is 0 Å². The quantitative estimate of drug-likeness (QED) is 0.0906. The van der Waals surface area contributed by atoms with Crippen molar-refractivity contribution < 1.29 is 59.1 Å². The highest BCUT2D eigenvalue weighted by Crippen LogP contribution is 2.62. The normalized spacial score (nSPS) is 46.3. The number of ether oxygens (including phenoxy) is 5. The molecule has 3 heterocycles. The highest BCUT2D eigenvalue weighted by molar-refractivity contribution is 5.88.